The van der Waals surface area contributed by atoms with E-state index < -0.39 is 95.7 Å². The van der Waals surface area contributed by atoms with E-state index in [4.69, 9.17) is 44.2 Å². The van der Waals surface area contributed by atoms with Crippen LogP contribution in [0.4, 0.5) is 32.3 Å². The van der Waals surface area contributed by atoms with Gasteiger partial charge in [-0.1, -0.05) is 61.9 Å². The van der Waals surface area contributed by atoms with Crippen LogP contribution in [0.2, 0.25) is 0 Å². The molecule has 495 valence electrons. The third-order valence-electron chi connectivity index (χ3n) is 16.1. The largest absolute Gasteiger partial charge is 0.779 e. The zero-order valence-corrected chi connectivity index (χ0v) is 55.4. The maximum atomic E-state index is 14.5. The van der Waals surface area contributed by atoms with E-state index in [1.807, 2.05) is 6.07 Å². The first-order valence-electron chi connectivity index (χ1n) is 30.0. The fraction of sp³-hybridized carbons (Fsp3) is 0.375. The summed E-state index contributed by atoms with van der Waals surface area (Å²) < 4.78 is 16.9. The Labute approximate surface area is 574 Å². The van der Waals surface area contributed by atoms with Gasteiger partial charge >= 0.3 is 18.1 Å². The number of halogens is 1. The summed E-state index contributed by atoms with van der Waals surface area (Å²) in [6.07, 6.45) is -8.17. The second kappa shape index (κ2) is 32.3. The summed E-state index contributed by atoms with van der Waals surface area (Å²) in [5, 5.41) is 58.4. The standard InChI is InChI=1S/C64H71ClN10O17S.Y/c1-32(2)51(73-48(76)12-4-3-7-24-74-49(77)28-47(93)60(74)85)58(83)72-43(11-8-23-67-63(66)88)57(82)68-37-17-13-33(14-18-37)31-90-64(89)70-38-19-15-34(16-20-38)56(81)69-39-21-22-42-35(25-39)26-44(71-42)59(84)75-30-36(29-65)50-41-10-6-5-9-40(41)46(27-45(50)75)91-62-54(80)52(78)53(79)55(92-62)61(86)87;/h5-6,9-10,13-22,25-27,32,36,43,47,51-55,62,71,78-80,93H,3-4,7-8,11-12,23-24,28-31H2,1-2H3,(H,68,82)(H,69,81)(H,70,89)(H,72,83)(H,73,76)(H,86,87)(H3,66,67,88);/p-1. The number of urea groups is 1. The van der Waals surface area contributed by atoms with E-state index >= 15 is 0 Å². The normalized spacial score (nSPS) is 19.8. The van der Waals surface area contributed by atoms with Gasteiger partial charge in [0.1, 0.15) is 48.4 Å². The number of benzene rings is 5. The van der Waals surface area contributed by atoms with E-state index in [0.717, 1.165) is 10.5 Å². The van der Waals surface area contributed by atoms with Crippen molar-refractivity contribution in [2.45, 2.75) is 119 Å². The zero-order chi connectivity index (χ0) is 66.8. The van der Waals surface area contributed by atoms with E-state index in [1.165, 1.54) is 29.2 Å². The van der Waals surface area contributed by atoms with Crippen LogP contribution in [0.15, 0.2) is 103 Å². The molecule has 13 N–H and O–H groups in total. The number of fused-ring (bicyclic) bond motifs is 4. The molecular weight excluding hydrogens is 1340 g/mol. The van der Waals surface area contributed by atoms with E-state index in [0.29, 0.717) is 69.3 Å². The number of nitrogens with zero attached hydrogens (tertiary/aromatic N) is 2. The number of aliphatic hydroxyl groups is 3. The van der Waals surface area contributed by atoms with Crippen LogP contribution in [0.3, 0.4) is 0 Å². The molecule has 0 saturated carbocycles. The second-order valence-corrected chi connectivity index (χ2v) is 23.9. The van der Waals surface area contributed by atoms with Gasteiger partial charge in [0.25, 0.3) is 11.8 Å². The molecule has 0 spiro atoms. The number of hydrogen-bond donors (Lipinski definition) is 12. The Morgan fingerprint density at radius 3 is 2.16 bits per heavy atom. The number of hydrogen-bond acceptors (Lipinski definition) is 17. The number of aromatic nitrogens is 1. The van der Waals surface area contributed by atoms with Gasteiger partial charge in [-0.2, -0.15) is 0 Å². The molecule has 10 amide bonds. The number of H-pyrrole nitrogens is 1. The number of unbranched alkanes of at least 4 members (excludes halogenated alkanes) is 2. The van der Waals surface area contributed by atoms with Crippen LogP contribution in [0.1, 0.15) is 96.7 Å². The molecule has 4 heterocycles. The quantitative estimate of drug-likeness (QED) is 0.0150. The van der Waals surface area contributed by atoms with Crippen molar-refractivity contribution < 1.29 is 115 Å². The molecule has 2 saturated heterocycles. The number of carbonyl (C=O) groups is 10. The number of carboxylic acid groups (broad SMARTS) is 1. The fourth-order valence-corrected chi connectivity index (χ4v) is 11.7. The molecule has 1 radical (unpaired) electrons. The van der Waals surface area contributed by atoms with Crippen LogP contribution in [-0.2, 0) is 90.2 Å². The maximum Gasteiger partial charge on any atom is 0.411 e. The van der Waals surface area contributed by atoms with Crippen molar-refractivity contribution in [1.29, 1.82) is 0 Å². The minimum absolute atomic E-state index is 0. The third kappa shape index (κ3) is 17.4. The number of ether oxygens (including phenoxy) is 3. The molecule has 9 rings (SSSR count). The number of aromatic amines is 1. The zero-order valence-electron chi connectivity index (χ0n) is 51.0. The number of imide groups is 1. The van der Waals surface area contributed by atoms with Crippen molar-refractivity contribution in [2.75, 3.05) is 46.4 Å². The van der Waals surface area contributed by atoms with Crippen molar-refractivity contribution in [2.24, 2.45) is 11.7 Å². The Kier molecular flexibility index (Phi) is 24.6. The number of anilines is 4. The van der Waals surface area contributed by atoms with Gasteiger partial charge in [0, 0.05) is 122 Å². The van der Waals surface area contributed by atoms with Crippen LogP contribution in [-0.4, -0.2) is 163 Å². The molecule has 3 aliphatic rings. The number of aliphatic carboxylic acids is 1. The summed E-state index contributed by atoms with van der Waals surface area (Å²) in [4.78, 5) is 134. The van der Waals surface area contributed by atoms with Crippen LogP contribution in [0.5, 0.6) is 5.75 Å². The average Bonchev–Trinajstić information content (AvgIpc) is 1.54. The maximum absolute atomic E-state index is 14.5. The Bertz CT molecular complexity index is 3820. The van der Waals surface area contributed by atoms with Crippen LogP contribution in [0, 0.1) is 5.92 Å². The van der Waals surface area contributed by atoms with Gasteiger partial charge in [0.05, 0.1) is 5.69 Å². The van der Waals surface area contributed by atoms with Gasteiger partial charge < -0.3 is 89.5 Å². The summed E-state index contributed by atoms with van der Waals surface area (Å²) >= 11 is 11.5. The topological polar surface area (TPSA) is 400 Å². The Morgan fingerprint density at radius 2 is 1.49 bits per heavy atom. The Morgan fingerprint density at radius 1 is 0.798 bits per heavy atom. The Balaban J connectivity index is 0.0000113. The van der Waals surface area contributed by atoms with Gasteiger partial charge in [-0.05, 0) is 109 Å². The van der Waals surface area contributed by atoms with Crippen molar-refractivity contribution in [3.05, 3.63) is 126 Å². The summed E-state index contributed by atoms with van der Waals surface area (Å²) in [5.41, 5.74) is 9.06. The summed E-state index contributed by atoms with van der Waals surface area (Å²) in [6.45, 7) is 3.84. The molecule has 9 atom stereocenters. The van der Waals surface area contributed by atoms with Crippen molar-refractivity contribution >= 4 is 128 Å². The summed E-state index contributed by atoms with van der Waals surface area (Å²) in [6, 6.07) is 24.8. The first-order valence-corrected chi connectivity index (χ1v) is 31.0. The third-order valence-corrected chi connectivity index (χ3v) is 16.8. The number of likely N-dealkylation sites (tertiary alicyclic amines) is 1. The van der Waals surface area contributed by atoms with Crippen LogP contribution < -0.4 is 47.3 Å². The van der Waals surface area contributed by atoms with E-state index in [1.54, 1.807) is 86.6 Å². The fourth-order valence-electron chi connectivity index (χ4n) is 11.1. The molecule has 9 unspecified atom stereocenters. The van der Waals surface area contributed by atoms with Crippen molar-refractivity contribution in [3.8, 4) is 5.75 Å². The van der Waals surface area contributed by atoms with E-state index in [-0.39, 0.29) is 131 Å². The van der Waals surface area contributed by atoms with Crippen molar-refractivity contribution in [3.63, 3.8) is 0 Å². The SMILES string of the molecule is CC(C)C(NC(=O)CCCCCN1C(=O)CC([S-])C1=O)C(=O)NC(CCCNC(N)=O)C(=O)Nc1ccc(COC(=O)Nc2ccc(C(=O)Nc3ccc4[nH]c(C(=O)N5CC(CCl)c6c5cc(OC5OC(C(=O)O)C(O)C(O)C5O)c5ccccc65)cc4c3)cc2)cc1.[Y]. The number of alkyl halides is 1. The van der Waals surface area contributed by atoms with E-state index in [2.05, 4.69) is 36.9 Å². The first-order chi connectivity index (χ1) is 44.5. The number of nitrogens with two attached hydrogens (primary N) is 1. The molecule has 2 fully saturated rings. The molecule has 3 aliphatic heterocycles. The number of nitrogens with one attached hydrogen (secondary N) is 7. The second-order valence-electron chi connectivity index (χ2n) is 23.0. The summed E-state index contributed by atoms with van der Waals surface area (Å²) in [5.74, 6) is -5.19. The minimum Gasteiger partial charge on any atom is -0.779 e. The van der Waals surface area contributed by atoms with Gasteiger partial charge in [0.2, 0.25) is 35.8 Å². The number of primary amides is 1. The average molecular weight is 1410 g/mol. The van der Waals surface area contributed by atoms with Gasteiger partial charge in [-0.15, -0.1) is 11.6 Å². The smallest absolute Gasteiger partial charge is 0.411 e. The van der Waals surface area contributed by atoms with Gasteiger partial charge in [0.15, 0.2) is 6.10 Å². The number of carboxylic acids is 1. The Hall–Kier alpha value is -8.22. The van der Waals surface area contributed by atoms with Crippen molar-refractivity contribution in [1.82, 2.24) is 25.8 Å². The molecule has 30 heteroatoms. The monoisotopic (exact) mass is 1410 g/mol. The molecule has 0 bridgehead atoms. The van der Waals surface area contributed by atoms with Crippen LogP contribution >= 0.6 is 11.6 Å². The summed E-state index contributed by atoms with van der Waals surface area (Å²) in [7, 11) is 0. The van der Waals surface area contributed by atoms with Gasteiger partial charge in [-0.25, -0.2) is 14.4 Å². The molecule has 5 aromatic carbocycles. The first kappa shape index (κ1) is 71.6. The predicted molar refractivity (Wildman–Crippen MR) is 342 cm³/mol. The number of amides is 10. The van der Waals surface area contributed by atoms with Gasteiger partial charge in [-0.3, -0.25) is 43.8 Å². The molecule has 94 heavy (non-hydrogen) atoms. The molecule has 6 aromatic rings. The van der Waals surface area contributed by atoms with Crippen LogP contribution in [0.25, 0.3) is 21.7 Å². The van der Waals surface area contributed by atoms with E-state index in [9.17, 15) is 68.4 Å². The predicted octanol–water partition coefficient (Wildman–Crippen LogP) is 4.82. The minimum atomic E-state index is -1.93. The number of aliphatic hydroxyl groups excluding tert-OH is 3. The molecule has 1 aromatic heterocycles. The molecule has 0 aliphatic carbocycles. The number of carbonyl (C=O) groups excluding carboxylic acids is 9. The molecular formula is C64H70ClN10O17SY-. The molecule has 27 nitrogen and oxygen atoms in total. The number of rotatable bonds is 26.